The van der Waals surface area contributed by atoms with Crippen molar-refractivity contribution >= 4 is 40.7 Å². The predicted molar refractivity (Wildman–Crippen MR) is 117 cm³/mol. The first-order valence-electron chi connectivity index (χ1n) is 9.31. The number of aromatic nitrogens is 2. The van der Waals surface area contributed by atoms with E-state index in [0.717, 1.165) is 42.8 Å². The number of rotatable bonds is 4. The maximum absolute atomic E-state index is 12.9. The fourth-order valence-corrected chi connectivity index (χ4v) is 4.13. The van der Waals surface area contributed by atoms with E-state index in [-0.39, 0.29) is 5.91 Å². The van der Waals surface area contributed by atoms with Gasteiger partial charge in [-0.25, -0.2) is 9.69 Å². The Kier molecular flexibility index (Phi) is 5.83. The first kappa shape index (κ1) is 20.2. The highest BCUT2D eigenvalue weighted by molar-refractivity contribution is 6.35. The van der Waals surface area contributed by atoms with Crippen molar-refractivity contribution in [1.82, 2.24) is 20.2 Å². The molecule has 8 heteroatoms. The summed E-state index contributed by atoms with van der Waals surface area (Å²) in [5.41, 5.74) is 6.37. The number of halogens is 3. The Bertz CT molecular complexity index is 1060. The van der Waals surface area contributed by atoms with Crippen LogP contribution in [-0.2, 0) is 0 Å². The lowest BCUT2D eigenvalue weighted by Crippen LogP contribution is -2.40. The molecular weight excluding hydrogens is 431 g/mol. The normalized spacial score (nSPS) is 14.3. The second-order valence-electron chi connectivity index (χ2n) is 6.97. The van der Waals surface area contributed by atoms with Gasteiger partial charge in [0.1, 0.15) is 0 Å². The third-order valence-corrected chi connectivity index (χ3v) is 5.75. The molecule has 150 valence electrons. The van der Waals surface area contributed by atoms with E-state index in [1.165, 1.54) is 0 Å². The van der Waals surface area contributed by atoms with Crippen molar-refractivity contribution in [2.45, 2.75) is 19.8 Å². The van der Waals surface area contributed by atoms with E-state index in [1.54, 1.807) is 35.0 Å². The second-order valence-corrected chi connectivity index (χ2v) is 8.25. The Hall–Kier alpha value is -2.05. The van der Waals surface area contributed by atoms with Gasteiger partial charge in [0.15, 0.2) is 5.69 Å². The van der Waals surface area contributed by atoms with Crippen LogP contribution in [0.4, 0.5) is 0 Å². The van der Waals surface area contributed by atoms with Crippen LogP contribution in [0, 0.1) is 6.92 Å². The van der Waals surface area contributed by atoms with Crippen LogP contribution in [0.1, 0.15) is 28.9 Å². The maximum atomic E-state index is 12.9. The lowest BCUT2D eigenvalue weighted by Gasteiger charge is -2.15. The number of hydrazine groups is 1. The maximum Gasteiger partial charge on any atom is 0.286 e. The summed E-state index contributed by atoms with van der Waals surface area (Å²) in [7, 11) is 0. The SMILES string of the molecule is Cc1c(C(=O)NN2CCCC2)nn(-c2ccc(Cl)cc2Cl)c1-c1ccc(Cl)cc1. The number of carbonyl (C=O) groups excluding carboxylic acids is 1. The van der Waals surface area contributed by atoms with Crippen molar-refractivity contribution in [3.8, 4) is 16.9 Å². The molecule has 5 nitrogen and oxygen atoms in total. The van der Waals surface area contributed by atoms with Crippen molar-refractivity contribution in [2.75, 3.05) is 13.1 Å². The molecule has 0 radical (unpaired) electrons. The molecule has 1 amide bonds. The Morgan fingerprint density at radius 2 is 1.66 bits per heavy atom. The molecule has 1 saturated heterocycles. The van der Waals surface area contributed by atoms with E-state index in [1.807, 2.05) is 24.1 Å². The number of nitrogens with one attached hydrogen (secondary N) is 1. The zero-order chi connectivity index (χ0) is 20.5. The highest BCUT2D eigenvalue weighted by Gasteiger charge is 2.25. The van der Waals surface area contributed by atoms with E-state index in [2.05, 4.69) is 10.5 Å². The fraction of sp³-hybridized carbons (Fsp3) is 0.238. The first-order valence-corrected chi connectivity index (χ1v) is 10.4. The molecule has 1 fully saturated rings. The number of nitrogens with zero attached hydrogens (tertiary/aromatic N) is 3. The standard InChI is InChI=1S/C21H19Cl3N4O/c1-13-19(21(29)26-27-10-2-3-11-27)25-28(18-9-8-16(23)12-17(18)24)20(13)14-4-6-15(22)7-5-14/h4-9,12H,2-3,10-11H2,1H3,(H,26,29). The molecule has 2 aromatic carbocycles. The lowest BCUT2D eigenvalue weighted by molar-refractivity contribution is 0.0819. The van der Waals surface area contributed by atoms with Crippen LogP contribution in [0.5, 0.6) is 0 Å². The molecular formula is C21H19Cl3N4O. The summed E-state index contributed by atoms with van der Waals surface area (Å²) in [6.07, 6.45) is 2.15. The summed E-state index contributed by atoms with van der Waals surface area (Å²) in [6.45, 7) is 3.58. The van der Waals surface area contributed by atoms with Gasteiger partial charge in [-0.1, -0.05) is 46.9 Å². The molecule has 1 aromatic heterocycles. The highest BCUT2D eigenvalue weighted by Crippen LogP contribution is 2.33. The Labute approximate surface area is 184 Å². The van der Waals surface area contributed by atoms with E-state index in [0.29, 0.717) is 26.4 Å². The van der Waals surface area contributed by atoms with E-state index in [4.69, 9.17) is 34.8 Å². The van der Waals surface area contributed by atoms with Gasteiger partial charge >= 0.3 is 0 Å². The van der Waals surface area contributed by atoms with Crippen LogP contribution < -0.4 is 5.43 Å². The molecule has 1 aliphatic rings. The molecule has 4 rings (SSSR count). The summed E-state index contributed by atoms with van der Waals surface area (Å²) in [5, 5.41) is 8.17. The minimum absolute atomic E-state index is 0.233. The highest BCUT2D eigenvalue weighted by atomic mass is 35.5. The lowest BCUT2D eigenvalue weighted by atomic mass is 10.1. The van der Waals surface area contributed by atoms with Crippen LogP contribution in [-0.4, -0.2) is 33.8 Å². The quantitative estimate of drug-likeness (QED) is 0.568. The minimum Gasteiger partial charge on any atom is -0.283 e. The predicted octanol–water partition coefficient (Wildman–Crippen LogP) is 5.55. The van der Waals surface area contributed by atoms with E-state index < -0.39 is 0 Å². The van der Waals surface area contributed by atoms with E-state index >= 15 is 0 Å². The van der Waals surface area contributed by atoms with Crippen molar-refractivity contribution in [3.05, 3.63) is 68.8 Å². The molecule has 0 bridgehead atoms. The summed E-state index contributed by atoms with van der Waals surface area (Å²) in [6, 6.07) is 12.6. The third-order valence-electron chi connectivity index (χ3n) is 4.96. The van der Waals surface area contributed by atoms with Crippen LogP contribution in [0.3, 0.4) is 0 Å². The topological polar surface area (TPSA) is 50.2 Å². The molecule has 0 unspecified atom stereocenters. The van der Waals surface area contributed by atoms with Gasteiger partial charge in [0.2, 0.25) is 0 Å². The van der Waals surface area contributed by atoms with Crippen LogP contribution in [0.25, 0.3) is 16.9 Å². The van der Waals surface area contributed by atoms with Gasteiger partial charge in [0, 0.05) is 34.3 Å². The number of carbonyl (C=O) groups is 1. The van der Waals surface area contributed by atoms with Gasteiger partial charge in [0.25, 0.3) is 5.91 Å². The van der Waals surface area contributed by atoms with Crippen LogP contribution in [0.15, 0.2) is 42.5 Å². The minimum atomic E-state index is -0.233. The Balaban J connectivity index is 1.83. The van der Waals surface area contributed by atoms with Crippen molar-refractivity contribution < 1.29 is 4.79 Å². The average Bonchev–Trinajstić information content (AvgIpc) is 3.30. The number of hydrogen-bond donors (Lipinski definition) is 1. The Morgan fingerprint density at radius 3 is 2.31 bits per heavy atom. The second kappa shape index (κ2) is 8.36. The third kappa shape index (κ3) is 4.14. The fourth-order valence-electron chi connectivity index (χ4n) is 3.51. The van der Waals surface area contributed by atoms with Crippen LogP contribution >= 0.6 is 34.8 Å². The van der Waals surface area contributed by atoms with Crippen molar-refractivity contribution in [3.63, 3.8) is 0 Å². The summed E-state index contributed by atoms with van der Waals surface area (Å²) in [5.74, 6) is -0.233. The zero-order valence-electron chi connectivity index (χ0n) is 15.8. The molecule has 0 spiro atoms. The van der Waals surface area contributed by atoms with Gasteiger partial charge in [-0.2, -0.15) is 5.10 Å². The van der Waals surface area contributed by atoms with Gasteiger partial charge in [-0.15, -0.1) is 0 Å². The summed E-state index contributed by atoms with van der Waals surface area (Å²) in [4.78, 5) is 12.9. The summed E-state index contributed by atoms with van der Waals surface area (Å²) >= 11 is 18.6. The molecule has 29 heavy (non-hydrogen) atoms. The summed E-state index contributed by atoms with van der Waals surface area (Å²) < 4.78 is 1.69. The molecule has 1 aliphatic heterocycles. The van der Waals surface area contributed by atoms with Gasteiger partial charge in [-0.05, 0) is 50.1 Å². The van der Waals surface area contributed by atoms with Gasteiger partial charge in [0.05, 0.1) is 16.4 Å². The van der Waals surface area contributed by atoms with E-state index in [9.17, 15) is 4.79 Å². The van der Waals surface area contributed by atoms with Gasteiger partial charge < -0.3 is 0 Å². The largest absolute Gasteiger partial charge is 0.286 e. The van der Waals surface area contributed by atoms with Gasteiger partial charge in [-0.3, -0.25) is 10.2 Å². The first-order chi connectivity index (χ1) is 13.9. The number of benzene rings is 2. The molecule has 2 heterocycles. The van der Waals surface area contributed by atoms with Crippen molar-refractivity contribution in [2.24, 2.45) is 0 Å². The smallest absolute Gasteiger partial charge is 0.283 e. The van der Waals surface area contributed by atoms with Crippen LogP contribution in [0.2, 0.25) is 15.1 Å². The molecule has 0 aliphatic carbocycles. The molecule has 0 saturated carbocycles. The average molecular weight is 450 g/mol. The van der Waals surface area contributed by atoms with Crippen molar-refractivity contribution in [1.29, 1.82) is 0 Å². The number of hydrogen-bond acceptors (Lipinski definition) is 3. The number of amides is 1. The molecule has 3 aromatic rings. The zero-order valence-corrected chi connectivity index (χ0v) is 18.0. The monoisotopic (exact) mass is 448 g/mol. The molecule has 1 N–H and O–H groups in total. The molecule has 0 atom stereocenters. The Morgan fingerprint density at radius 1 is 1.00 bits per heavy atom.